The van der Waals surface area contributed by atoms with Crippen molar-refractivity contribution in [2.75, 3.05) is 20.2 Å². The standard InChI is InChI=1S/C29H34N2O/c1-20-16-25(26(32-3)17-21(20)2)18-30-28-24-14-15-31(19-24)29(28)27(22-10-6-4-7-11-22)23-12-8-5-9-13-23/h4-13,16-17,24,27-30H,14-15,18-19H2,1-3H3/t24?,28-,29-/m1/s1. The molecule has 3 nitrogen and oxygen atoms in total. The lowest BCUT2D eigenvalue weighted by atomic mass is 9.78. The van der Waals surface area contributed by atoms with E-state index in [4.69, 9.17) is 4.74 Å². The third-order valence-electron chi connectivity index (χ3n) is 7.64. The zero-order valence-corrected chi connectivity index (χ0v) is 19.4. The van der Waals surface area contributed by atoms with Gasteiger partial charge in [-0.15, -0.1) is 0 Å². The Morgan fingerprint density at radius 3 is 2.19 bits per heavy atom. The molecular weight excluding hydrogens is 392 g/mol. The molecule has 32 heavy (non-hydrogen) atoms. The van der Waals surface area contributed by atoms with E-state index in [9.17, 15) is 0 Å². The molecule has 3 aromatic rings. The fraction of sp³-hybridized carbons (Fsp3) is 0.379. The molecule has 4 atom stereocenters. The fourth-order valence-electron chi connectivity index (χ4n) is 5.90. The number of aryl methyl sites for hydroxylation is 2. The molecule has 2 aliphatic heterocycles. The van der Waals surface area contributed by atoms with Crippen LogP contribution in [0.1, 0.15) is 40.2 Å². The van der Waals surface area contributed by atoms with Gasteiger partial charge in [0.25, 0.3) is 0 Å². The van der Waals surface area contributed by atoms with Gasteiger partial charge in [-0.2, -0.15) is 0 Å². The minimum atomic E-state index is 0.363. The van der Waals surface area contributed by atoms with Crippen molar-refractivity contribution in [3.05, 3.63) is 101 Å². The van der Waals surface area contributed by atoms with Crippen LogP contribution in [0.5, 0.6) is 5.75 Å². The molecular formula is C29H34N2O. The van der Waals surface area contributed by atoms with E-state index in [0.717, 1.165) is 12.3 Å². The average molecular weight is 427 g/mol. The highest BCUT2D eigenvalue weighted by Gasteiger charge is 2.49. The Balaban J connectivity index is 1.47. The predicted molar refractivity (Wildman–Crippen MR) is 131 cm³/mol. The number of ether oxygens (including phenoxy) is 1. The lowest BCUT2D eigenvalue weighted by Gasteiger charge is -2.39. The second kappa shape index (κ2) is 9.09. The van der Waals surface area contributed by atoms with Crippen LogP contribution in [0.3, 0.4) is 0 Å². The molecule has 166 valence electrons. The summed E-state index contributed by atoms with van der Waals surface area (Å²) in [5.41, 5.74) is 6.67. The van der Waals surface area contributed by atoms with Crippen molar-refractivity contribution in [2.45, 2.75) is 44.8 Å². The third kappa shape index (κ3) is 3.96. The van der Waals surface area contributed by atoms with Gasteiger partial charge in [-0.25, -0.2) is 0 Å². The summed E-state index contributed by atoms with van der Waals surface area (Å²) in [6.45, 7) is 7.58. The molecule has 3 heteroatoms. The summed E-state index contributed by atoms with van der Waals surface area (Å²) in [5, 5.41) is 4.00. The highest BCUT2D eigenvalue weighted by Crippen LogP contribution is 2.43. The largest absolute Gasteiger partial charge is 0.496 e. The first-order valence-electron chi connectivity index (χ1n) is 11.9. The first-order chi connectivity index (χ1) is 15.7. The van der Waals surface area contributed by atoms with E-state index < -0.39 is 0 Å². The van der Waals surface area contributed by atoms with Gasteiger partial charge in [-0.05, 0) is 61.1 Å². The molecule has 0 aliphatic carbocycles. The summed E-state index contributed by atoms with van der Waals surface area (Å²) in [7, 11) is 1.78. The van der Waals surface area contributed by atoms with Gasteiger partial charge in [-0.1, -0.05) is 66.7 Å². The number of benzene rings is 3. The Labute approximate surface area is 192 Å². The molecule has 0 radical (unpaired) electrons. The van der Waals surface area contributed by atoms with Crippen LogP contribution in [0.15, 0.2) is 72.8 Å². The van der Waals surface area contributed by atoms with E-state index >= 15 is 0 Å². The van der Waals surface area contributed by atoms with Crippen LogP contribution in [-0.4, -0.2) is 37.2 Å². The second-order valence-electron chi connectivity index (χ2n) is 9.49. The number of fused-ring (bicyclic) bond motifs is 2. The number of hydrogen-bond acceptors (Lipinski definition) is 3. The zero-order valence-electron chi connectivity index (χ0n) is 19.4. The Morgan fingerprint density at radius 2 is 1.56 bits per heavy atom. The molecule has 0 spiro atoms. The molecule has 2 bridgehead atoms. The van der Waals surface area contributed by atoms with E-state index in [2.05, 4.69) is 96.9 Å². The number of nitrogens with one attached hydrogen (secondary N) is 1. The maximum absolute atomic E-state index is 5.72. The topological polar surface area (TPSA) is 24.5 Å². The van der Waals surface area contributed by atoms with E-state index in [1.54, 1.807) is 7.11 Å². The van der Waals surface area contributed by atoms with Crippen molar-refractivity contribution in [3.8, 4) is 5.75 Å². The van der Waals surface area contributed by atoms with Crippen molar-refractivity contribution >= 4 is 0 Å². The van der Waals surface area contributed by atoms with Crippen molar-refractivity contribution in [2.24, 2.45) is 5.92 Å². The number of piperidine rings is 1. The molecule has 2 saturated heterocycles. The number of hydrogen-bond donors (Lipinski definition) is 1. The summed E-state index contributed by atoms with van der Waals surface area (Å²) < 4.78 is 5.72. The van der Waals surface area contributed by atoms with Crippen molar-refractivity contribution in [3.63, 3.8) is 0 Å². The minimum Gasteiger partial charge on any atom is -0.496 e. The molecule has 1 N–H and O–H groups in total. The molecule has 5 rings (SSSR count). The van der Waals surface area contributed by atoms with Crippen LogP contribution in [0.25, 0.3) is 0 Å². The van der Waals surface area contributed by atoms with Gasteiger partial charge < -0.3 is 10.1 Å². The summed E-state index contributed by atoms with van der Waals surface area (Å²) in [6.07, 6.45) is 1.29. The average Bonchev–Trinajstić information content (AvgIpc) is 3.43. The first-order valence-corrected chi connectivity index (χ1v) is 11.9. The van der Waals surface area contributed by atoms with E-state index in [0.29, 0.717) is 23.9 Å². The maximum Gasteiger partial charge on any atom is 0.123 e. The maximum atomic E-state index is 5.72. The van der Waals surface area contributed by atoms with Crippen LogP contribution >= 0.6 is 0 Å². The molecule has 2 unspecified atom stereocenters. The van der Waals surface area contributed by atoms with E-state index in [-0.39, 0.29) is 0 Å². The lowest BCUT2D eigenvalue weighted by Crippen LogP contribution is -2.50. The van der Waals surface area contributed by atoms with Gasteiger partial charge in [0, 0.05) is 36.7 Å². The van der Waals surface area contributed by atoms with Crippen molar-refractivity contribution in [1.82, 2.24) is 10.2 Å². The summed E-state index contributed by atoms with van der Waals surface area (Å²) >= 11 is 0. The minimum absolute atomic E-state index is 0.363. The Hall–Kier alpha value is -2.62. The molecule has 3 aromatic carbocycles. The number of nitrogens with zero attached hydrogens (tertiary/aromatic N) is 1. The van der Waals surface area contributed by atoms with Crippen LogP contribution < -0.4 is 10.1 Å². The predicted octanol–water partition coefficient (Wildman–Crippen LogP) is 5.31. The molecule has 2 aliphatic rings. The molecule has 0 saturated carbocycles. The van der Waals surface area contributed by atoms with Gasteiger partial charge in [0.2, 0.25) is 0 Å². The van der Waals surface area contributed by atoms with Crippen LogP contribution in [0, 0.1) is 19.8 Å². The highest BCUT2D eigenvalue weighted by atomic mass is 16.5. The number of rotatable bonds is 7. The summed E-state index contributed by atoms with van der Waals surface area (Å²) in [6, 6.07) is 27.5. The quantitative estimate of drug-likeness (QED) is 0.554. The highest BCUT2D eigenvalue weighted by molar-refractivity contribution is 5.42. The number of methoxy groups -OCH3 is 1. The zero-order chi connectivity index (χ0) is 22.1. The smallest absolute Gasteiger partial charge is 0.123 e. The van der Waals surface area contributed by atoms with Gasteiger partial charge in [0.15, 0.2) is 0 Å². The van der Waals surface area contributed by atoms with Crippen LogP contribution in [0.4, 0.5) is 0 Å². The Morgan fingerprint density at radius 1 is 0.938 bits per heavy atom. The van der Waals surface area contributed by atoms with Crippen LogP contribution in [0.2, 0.25) is 0 Å². The van der Waals surface area contributed by atoms with Crippen molar-refractivity contribution < 1.29 is 4.74 Å². The van der Waals surface area contributed by atoms with E-state index in [1.807, 2.05) is 0 Å². The van der Waals surface area contributed by atoms with Gasteiger partial charge >= 0.3 is 0 Å². The van der Waals surface area contributed by atoms with Gasteiger partial charge in [0.05, 0.1) is 7.11 Å². The van der Waals surface area contributed by atoms with Crippen molar-refractivity contribution in [1.29, 1.82) is 0 Å². The first kappa shape index (κ1) is 21.2. The third-order valence-corrected chi connectivity index (χ3v) is 7.64. The Bertz CT molecular complexity index is 1010. The Kier molecular flexibility index (Phi) is 6.03. The summed E-state index contributed by atoms with van der Waals surface area (Å²) in [4.78, 5) is 2.73. The summed E-state index contributed by atoms with van der Waals surface area (Å²) in [5.74, 6) is 2.05. The second-order valence-corrected chi connectivity index (χ2v) is 9.49. The van der Waals surface area contributed by atoms with Crippen LogP contribution in [-0.2, 0) is 6.54 Å². The van der Waals surface area contributed by atoms with E-state index in [1.165, 1.54) is 47.3 Å². The SMILES string of the molecule is COc1cc(C)c(C)cc1CN[C@@H]1C2CCN(C2)[C@@H]1C(c1ccccc1)c1ccccc1. The monoisotopic (exact) mass is 426 g/mol. The molecule has 2 heterocycles. The lowest BCUT2D eigenvalue weighted by molar-refractivity contribution is 0.197. The molecule has 2 fully saturated rings. The van der Waals surface area contributed by atoms with Gasteiger partial charge in [-0.3, -0.25) is 4.90 Å². The molecule has 0 amide bonds. The fourth-order valence-corrected chi connectivity index (χ4v) is 5.90. The normalized spacial score (nSPS) is 24.2. The van der Waals surface area contributed by atoms with Gasteiger partial charge in [0.1, 0.15) is 5.75 Å². The molecule has 0 aromatic heterocycles.